The van der Waals surface area contributed by atoms with Crippen molar-refractivity contribution in [2.75, 3.05) is 25.9 Å². The van der Waals surface area contributed by atoms with E-state index in [9.17, 15) is 13.2 Å². The van der Waals surface area contributed by atoms with Gasteiger partial charge in [-0.05, 0) is 31.1 Å². The van der Waals surface area contributed by atoms with E-state index in [0.717, 1.165) is 12.8 Å². The molecular weight excluding hydrogens is 276 g/mol. The molecule has 0 bridgehead atoms. The summed E-state index contributed by atoms with van der Waals surface area (Å²) in [6, 6.07) is 0. The predicted octanol–water partition coefficient (Wildman–Crippen LogP) is 1.60. The van der Waals surface area contributed by atoms with Crippen LogP contribution in [-0.4, -0.2) is 44.5 Å². The Bertz CT molecular complexity index is 418. The van der Waals surface area contributed by atoms with E-state index in [1.165, 1.54) is 10.6 Å². The van der Waals surface area contributed by atoms with Crippen LogP contribution < -0.4 is 5.32 Å². The normalized spacial score (nSPS) is 19.0. The third-order valence-corrected chi connectivity index (χ3v) is 5.00. The molecule has 1 amide bonds. The Morgan fingerprint density at radius 2 is 1.80 bits per heavy atom. The maximum atomic E-state index is 12.0. The van der Waals surface area contributed by atoms with Gasteiger partial charge >= 0.3 is 0 Å². The average molecular weight is 304 g/mol. The molecule has 1 rings (SSSR count). The van der Waals surface area contributed by atoms with Gasteiger partial charge in [0.2, 0.25) is 15.9 Å². The van der Waals surface area contributed by atoms with E-state index in [1.807, 2.05) is 0 Å². The minimum absolute atomic E-state index is 0.0392. The molecule has 5 nitrogen and oxygen atoms in total. The molecule has 0 radical (unpaired) electrons. The summed E-state index contributed by atoms with van der Waals surface area (Å²) in [6.07, 6.45) is 4.54. The van der Waals surface area contributed by atoms with E-state index in [0.29, 0.717) is 37.9 Å². The van der Waals surface area contributed by atoms with Crippen LogP contribution in [0.1, 0.15) is 46.5 Å². The maximum Gasteiger partial charge on any atom is 0.223 e. The number of amides is 1. The predicted molar refractivity (Wildman–Crippen MR) is 80.8 cm³/mol. The summed E-state index contributed by atoms with van der Waals surface area (Å²) < 4.78 is 24.2. The average Bonchev–Trinajstić information content (AvgIpc) is 2.32. The first-order chi connectivity index (χ1) is 9.09. The molecule has 0 aromatic carbocycles. The summed E-state index contributed by atoms with van der Waals surface area (Å²) in [6.45, 7) is 8.20. The number of carbonyl (C=O) groups excluding carboxylic acids is 1. The number of hydrogen-bond donors (Lipinski definition) is 1. The minimum Gasteiger partial charge on any atom is -0.356 e. The van der Waals surface area contributed by atoms with Crippen molar-refractivity contribution in [1.29, 1.82) is 0 Å². The van der Waals surface area contributed by atoms with Gasteiger partial charge in [0.15, 0.2) is 0 Å². The van der Waals surface area contributed by atoms with Gasteiger partial charge in [-0.15, -0.1) is 0 Å². The Labute approximate surface area is 123 Å². The van der Waals surface area contributed by atoms with Crippen molar-refractivity contribution in [3.8, 4) is 0 Å². The van der Waals surface area contributed by atoms with Gasteiger partial charge in [0.05, 0.1) is 6.26 Å². The largest absolute Gasteiger partial charge is 0.356 e. The number of carbonyl (C=O) groups is 1. The van der Waals surface area contributed by atoms with Crippen LogP contribution in [0.25, 0.3) is 0 Å². The third-order valence-electron chi connectivity index (χ3n) is 3.70. The lowest BCUT2D eigenvalue weighted by molar-refractivity contribution is -0.126. The zero-order chi connectivity index (χ0) is 15.4. The van der Waals surface area contributed by atoms with Crippen LogP contribution in [0.3, 0.4) is 0 Å². The number of hydrogen-bond acceptors (Lipinski definition) is 3. The van der Waals surface area contributed by atoms with E-state index in [4.69, 9.17) is 0 Å². The monoisotopic (exact) mass is 304 g/mol. The standard InChI is InChI=1S/C14H28N2O3S/c1-14(2,3)8-5-9-15-13(17)12-6-10-16(11-7-12)20(4,18)19/h12H,5-11H2,1-4H3,(H,15,17). The highest BCUT2D eigenvalue weighted by Crippen LogP contribution is 2.21. The van der Waals surface area contributed by atoms with Gasteiger partial charge in [-0.2, -0.15) is 0 Å². The summed E-state index contributed by atoms with van der Waals surface area (Å²) in [5.41, 5.74) is 0.297. The second kappa shape index (κ2) is 6.89. The first kappa shape index (κ1) is 17.4. The molecule has 1 heterocycles. The number of rotatable bonds is 5. The molecule has 1 aliphatic rings. The van der Waals surface area contributed by atoms with Crippen LogP contribution in [0.15, 0.2) is 0 Å². The van der Waals surface area contributed by atoms with Crippen LogP contribution in [-0.2, 0) is 14.8 Å². The topological polar surface area (TPSA) is 66.5 Å². The minimum atomic E-state index is -3.11. The Morgan fingerprint density at radius 3 is 2.25 bits per heavy atom. The fraction of sp³-hybridized carbons (Fsp3) is 0.929. The molecule has 0 unspecified atom stereocenters. The zero-order valence-electron chi connectivity index (χ0n) is 13.1. The van der Waals surface area contributed by atoms with E-state index in [1.54, 1.807) is 0 Å². The van der Waals surface area contributed by atoms with E-state index in [-0.39, 0.29) is 11.8 Å². The number of piperidine rings is 1. The van der Waals surface area contributed by atoms with Gasteiger partial charge < -0.3 is 5.32 Å². The molecule has 1 N–H and O–H groups in total. The summed E-state index contributed by atoms with van der Waals surface area (Å²) in [5, 5.41) is 2.97. The summed E-state index contributed by atoms with van der Waals surface area (Å²) in [7, 11) is -3.11. The highest BCUT2D eigenvalue weighted by Gasteiger charge is 2.28. The summed E-state index contributed by atoms with van der Waals surface area (Å²) in [5.74, 6) is 0.0368. The van der Waals surface area contributed by atoms with Crippen molar-refractivity contribution in [3.05, 3.63) is 0 Å². The molecule has 118 valence electrons. The fourth-order valence-corrected chi connectivity index (χ4v) is 3.30. The van der Waals surface area contributed by atoms with Crippen molar-refractivity contribution in [3.63, 3.8) is 0 Å². The number of nitrogens with one attached hydrogen (secondary N) is 1. The van der Waals surface area contributed by atoms with Gasteiger partial charge in [0, 0.05) is 25.6 Å². The first-order valence-corrected chi connectivity index (χ1v) is 9.17. The van der Waals surface area contributed by atoms with Gasteiger partial charge in [-0.1, -0.05) is 20.8 Å². The molecule has 1 saturated heterocycles. The fourth-order valence-electron chi connectivity index (χ4n) is 2.42. The second-order valence-corrected chi connectivity index (χ2v) is 8.87. The van der Waals surface area contributed by atoms with E-state index >= 15 is 0 Å². The van der Waals surface area contributed by atoms with Crippen LogP contribution in [0.5, 0.6) is 0 Å². The highest BCUT2D eigenvalue weighted by atomic mass is 32.2. The lowest BCUT2D eigenvalue weighted by Crippen LogP contribution is -2.42. The molecule has 0 aromatic heterocycles. The third kappa shape index (κ3) is 6.22. The number of nitrogens with zero attached hydrogens (tertiary/aromatic N) is 1. The molecule has 0 saturated carbocycles. The molecule has 0 spiro atoms. The Morgan fingerprint density at radius 1 is 1.25 bits per heavy atom. The SMILES string of the molecule is CC(C)(C)CCCNC(=O)C1CCN(S(C)(=O)=O)CC1. The Kier molecular flexibility index (Phi) is 6.01. The van der Waals surface area contributed by atoms with Crippen molar-refractivity contribution in [2.45, 2.75) is 46.5 Å². The van der Waals surface area contributed by atoms with E-state index < -0.39 is 10.0 Å². The van der Waals surface area contributed by atoms with Gasteiger partial charge in [0.1, 0.15) is 0 Å². The molecule has 6 heteroatoms. The van der Waals surface area contributed by atoms with Gasteiger partial charge in [0.25, 0.3) is 0 Å². The van der Waals surface area contributed by atoms with Crippen molar-refractivity contribution in [2.24, 2.45) is 11.3 Å². The highest BCUT2D eigenvalue weighted by molar-refractivity contribution is 7.88. The number of sulfonamides is 1. The quantitative estimate of drug-likeness (QED) is 0.785. The van der Waals surface area contributed by atoms with Crippen molar-refractivity contribution >= 4 is 15.9 Å². The molecule has 0 aromatic rings. The van der Waals surface area contributed by atoms with Crippen LogP contribution >= 0.6 is 0 Å². The molecular formula is C14H28N2O3S. The maximum absolute atomic E-state index is 12.0. The Hall–Kier alpha value is -0.620. The first-order valence-electron chi connectivity index (χ1n) is 7.32. The molecule has 0 atom stereocenters. The van der Waals surface area contributed by atoms with Crippen molar-refractivity contribution < 1.29 is 13.2 Å². The van der Waals surface area contributed by atoms with Crippen LogP contribution in [0.4, 0.5) is 0 Å². The van der Waals surface area contributed by atoms with Crippen LogP contribution in [0, 0.1) is 11.3 Å². The second-order valence-electron chi connectivity index (χ2n) is 6.89. The van der Waals surface area contributed by atoms with Gasteiger partial charge in [-0.3, -0.25) is 4.79 Å². The smallest absolute Gasteiger partial charge is 0.223 e. The molecule has 1 fully saturated rings. The lowest BCUT2D eigenvalue weighted by Gasteiger charge is -2.29. The summed E-state index contributed by atoms with van der Waals surface area (Å²) >= 11 is 0. The van der Waals surface area contributed by atoms with Gasteiger partial charge in [-0.25, -0.2) is 12.7 Å². The van der Waals surface area contributed by atoms with Crippen LogP contribution in [0.2, 0.25) is 0 Å². The molecule has 1 aliphatic heterocycles. The molecule has 0 aliphatic carbocycles. The molecule has 20 heavy (non-hydrogen) atoms. The van der Waals surface area contributed by atoms with E-state index in [2.05, 4.69) is 26.1 Å². The Balaban J connectivity index is 2.26. The summed E-state index contributed by atoms with van der Waals surface area (Å²) in [4.78, 5) is 12.0. The zero-order valence-corrected chi connectivity index (χ0v) is 13.9. The lowest BCUT2D eigenvalue weighted by atomic mass is 9.90. The van der Waals surface area contributed by atoms with Crippen molar-refractivity contribution in [1.82, 2.24) is 9.62 Å².